The van der Waals surface area contributed by atoms with Crippen molar-refractivity contribution in [3.05, 3.63) is 0 Å². The molecular formula is C7H21NSi2. The van der Waals surface area contributed by atoms with Crippen LogP contribution in [0.5, 0.6) is 0 Å². The van der Waals surface area contributed by atoms with E-state index < -0.39 is 15.2 Å². The lowest BCUT2D eigenvalue weighted by Crippen LogP contribution is -2.53. The van der Waals surface area contributed by atoms with Crippen molar-refractivity contribution < 1.29 is 0 Å². The van der Waals surface area contributed by atoms with E-state index in [0.29, 0.717) is 0 Å². The highest BCUT2D eigenvalue weighted by Crippen LogP contribution is 2.21. The molecule has 0 amide bonds. The summed E-state index contributed by atoms with van der Waals surface area (Å²) in [6.07, 6.45) is 0. The summed E-state index contributed by atoms with van der Waals surface area (Å²) in [5.74, 6) is 0. The molecular weight excluding hydrogens is 154 g/mol. The summed E-state index contributed by atoms with van der Waals surface area (Å²) in [5, 5.41) is 0. The average molecular weight is 175 g/mol. The maximum atomic E-state index is 5.57. The predicted octanol–water partition coefficient (Wildman–Crippen LogP) is 2.07. The Bertz CT molecular complexity index is 105. The SMILES string of the molecule is C[Si](C)(C)[Si](C)(C)CCN. The summed E-state index contributed by atoms with van der Waals surface area (Å²) in [5.41, 5.74) is 5.57. The van der Waals surface area contributed by atoms with Crippen LogP contribution in [0, 0.1) is 0 Å². The molecule has 0 heterocycles. The second-order valence-corrected chi connectivity index (χ2v) is 22.0. The van der Waals surface area contributed by atoms with Crippen molar-refractivity contribution >= 4 is 15.2 Å². The van der Waals surface area contributed by atoms with E-state index in [2.05, 4.69) is 32.7 Å². The maximum Gasteiger partial charge on any atom is 0.0422 e. The summed E-state index contributed by atoms with van der Waals surface area (Å²) in [6, 6.07) is 1.31. The first-order valence-corrected chi connectivity index (χ1v) is 11.7. The van der Waals surface area contributed by atoms with Crippen LogP contribution in [0.25, 0.3) is 0 Å². The van der Waals surface area contributed by atoms with Crippen LogP contribution in [0.1, 0.15) is 0 Å². The zero-order chi connectivity index (χ0) is 8.41. The molecule has 0 aromatic heterocycles. The highest BCUT2D eigenvalue weighted by molar-refractivity contribution is 7.40. The van der Waals surface area contributed by atoms with E-state index >= 15 is 0 Å². The van der Waals surface area contributed by atoms with E-state index in [9.17, 15) is 0 Å². The lowest BCUT2D eigenvalue weighted by molar-refractivity contribution is 1.10. The fraction of sp³-hybridized carbons (Fsp3) is 1.00. The molecule has 0 fully saturated rings. The van der Waals surface area contributed by atoms with Crippen molar-refractivity contribution in [3.8, 4) is 0 Å². The van der Waals surface area contributed by atoms with Gasteiger partial charge in [0.1, 0.15) is 0 Å². The molecule has 0 saturated heterocycles. The van der Waals surface area contributed by atoms with Crippen LogP contribution in [-0.2, 0) is 0 Å². The maximum absolute atomic E-state index is 5.57. The Morgan fingerprint density at radius 1 is 1.00 bits per heavy atom. The standard InChI is InChI=1S/C7H21NSi2/c1-9(2,3)10(4,5)7-6-8/h6-8H2,1-5H3. The monoisotopic (exact) mass is 175 g/mol. The van der Waals surface area contributed by atoms with Crippen molar-refractivity contribution in [3.63, 3.8) is 0 Å². The fourth-order valence-corrected chi connectivity index (χ4v) is 4.89. The first-order chi connectivity index (χ1) is 4.31. The van der Waals surface area contributed by atoms with Crippen LogP contribution in [0.4, 0.5) is 0 Å². The largest absolute Gasteiger partial charge is 0.331 e. The first kappa shape index (κ1) is 10.4. The van der Waals surface area contributed by atoms with E-state index in [1.807, 2.05) is 0 Å². The second-order valence-electron chi connectivity index (χ2n) is 4.67. The molecule has 3 heteroatoms. The van der Waals surface area contributed by atoms with Gasteiger partial charge in [0.15, 0.2) is 0 Å². The Morgan fingerprint density at radius 3 is 1.50 bits per heavy atom. The number of nitrogens with two attached hydrogens (primary N) is 1. The summed E-state index contributed by atoms with van der Waals surface area (Å²) >= 11 is 0. The minimum absolute atomic E-state index is 0.847. The van der Waals surface area contributed by atoms with E-state index in [4.69, 9.17) is 5.73 Å². The molecule has 0 aliphatic rings. The molecule has 10 heavy (non-hydrogen) atoms. The molecule has 0 aromatic carbocycles. The highest BCUT2D eigenvalue weighted by atomic mass is 29.3. The Morgan fingerprint density at radius 2 is 1.40 bits per heavy atom. The van der Waals surface area contributed by atoms with E-state index in [-0.39, 0.29) is 0 Å². The van der Waals surface area contributed by atoms with Crippen LogP contribution in [0.3, 0.4) is 0 Å². The van der Waals surface area contributed by atoms with E-state index in [0.717, 1.165) is 6.54 Å². The molecule has 62 valence electrons. The van der Waals surface area contributed by atoms with Crippen molar-refractivity contribution in [2.24, 2.45) is 5.73 Å². The smallest absolute Gasteiger partial charge is 0.0422 e. The van der Waals surface area contributed by atoms with Gasteiger partial charge in [-0.1, -0.05) is 32.7 Å². The summed E-state index contributed by atoms with van der Waals surface area (Å²) in [7, 11) is -1.74. The Labute approximate surface area is 66.8 Å². The minimum atomic E-state index is -0.891. The van der Waals surface area contributed by atoms with Gasteiger partial charge in [-0.3, -0.25) is 0 Å². The molecule has 0 atom stereocenters. The normalized spacial score (nSPS) is 13.8. The van der Waals surface area contributed by atoms with Crippen LogP contribution in [0.2, 0.25) is 38.8 Å². The molecule has 0 saturated carbocycles. The molecule has 2 N–H and O–H groups in total. The Balaban J connectivity index is 4.10. The Kier molecular flexibility index (Phi) is 3.32. The summed E-state index contributed by atoms with van der Waals surface area (Å²) in [4.78, 5) is 0. The zero-order valence-corrected chi connectivity index (χ0v) is 9.99. The molecule has 0 aromatic rings. The van der Waals surface area contributed by atoms with E-state index in [1.165, 1.54) is 6.04 Å². The number of hydrogen-bond donors (Lipinski definition) is 1. The molecule has 1 nitrogen and oxygen atoms in total. The van der Waals surface area contributed by atoms with Crippen LogP contribution in [0.15, 0.2) is 0 Å². The van der Waals surface area contributed by atoms with Gasteiger partial charge in [-0.05, 0) is 12.6 Å². The molecule has 0 rings (SSSR count). The van der Waals surface area contributed by atoms with Crippen LogP contribution >= 0.6 is 0 Å². The van der Waals surface area contributed by atoms with Crippen molar-refractivity contribution in [2.45, 2.75) is 38.8 Å². The molecule has 0 spiro atoms. The topological polar surface area (TPSA) is 26.0 Å². The summed E-state index contributed by atoms with van der Waals surface area (Å²) in [6.45, 7) is 13.3. The minimum Gasteiger partial charge on any atom is -0.331 e. The van der Waals surface area contributed by atoms with Gasteiger partial charge >= 0.3 is 0 Å². The van der Waals surface area contributed by atoms with Gasteiger partial charge < -0.3 is 5.73 Å². The van der Waals surface area contributed by atoms with Gasteiger partial charge in [-0.15, -0.1) is 0 Å². The van der Waals surface area contributed by atoms with Crippen molar-refractivity contribution in [1.82, 2.24) is 0 Å². The molecule has 0 unspecified atom stereocenters. The van der Waals surface area contributed by atoms with Crippen molar-refractivity contribution in [1.29, 1.82) is 0 Å². The molecule has 0 radical (unpaired) electrons. The predicted molar refractivity (Wildman–Crippen MR) is 54.7 cm³/mol. The average Bonchev–Trinajstić information content (AvgIpc) is 1.61. The molecule has 0 aliphatic carbocycles. The van der Waals surface area contributed by atoms with Gasteiger partial charge in [0.2, 0.25) is 0 Å². The third-order valence-electron chi connectivity index (χ3n) is 2.80. The van der Waals surface area contributed by atoms with Crippen LogP contribution < -0.4 is 5.73 Å². The lowest BCUT2D eigenvalue weighted by Gasteiger charge is -2.34. The third-order valence-corrected chi connectivity index (χ3v) is 21.3. The zero-order valence-electron chi connectivity index (χ0n) is 7.99. The van der Waals surface area contributed by atoms with Gasteiger partial charge in [0.25, 0.3) is 0 Å². The summed E-state index contributed by atoms with van der Waals surface area (Å²) < 4.78 is 0. The van der Waals surface area contributed by atoms with Gasteiger partial charge in [-0.2, -0.15) is 0 Å². The number of hydrogen-bond acceptors (Lipinski definition) is 1. The number of rotatable bonds is 3. The second kappa shape index (κ2) is 3.19. The lowest BCUT2D eigenvalue weighted by atomic mass is 10.8. The Hall–Kier alpha value is 0.394. The molecule has 0 bridgehead atoms. The van der Waals surface area contributed by atoms with Gasteiger partial charge in [-0.25, -0.2) is 0 Å². The van der Waals surface area contributed by atoms with Gasteiger partial charge in [0, 0.05) is 15.2 Å². The molecule has 0 aliphatic heterocycles. The quantitative estimate of drug-likeness (QED) is 0.653. The fourth-order valence-electron chi connectivity index (χ4n) is 0.736. The highest BCUT2D eigenvalue weighted by Gasteiger charge is 2.35. The third kappa shape index (κ3) is 2.56. The van der Waals surface area contributed by atoms with E-state index in [1.54, 1.807) is 0 Å². The van der Waals surface area contributed by atoms with Crippen molar-refractivity contribution in [2.75, 3.05) is 6.54 Å². The van der Waals surface area contributed by atoms with Gasteiger partial charge in [0.05, 0.1) is 0 Å². The first-order valence-electron chi connectivity index (χ1n) is 4.01. The van der Waals surface area contributed by atoms with Crippen LogP contribution in [-0.4, -0.2) is 21.7 Å².